The van der Waals surface area contributed by atoms with Crippen molar-refractivity contribution in [3.63, 3.8) is 0 Å². The average molecular weight is 482 g/mol. The number of carbonyl (C=O) groups is 4. The number of anilines is 2. The highest BCUT2D eigenvalue weighted by molar-refractivity contribution is 5.97. The fourth-order valence-corrected chi connectivity index (χ4v) is 3.01. The predicted molar refractivity (Wildman–Crippen MR) is 123 cm³/mol. The molecule has 2 amide bonds. The Balaban J connectivity index is 1.57. The molecule has 7 N–H and O–H groups in total. The topological polar surface area (TPSA) is 222 Å². The van der Waals surface area contributed by atoms with Crippen molar-refractivity contribution in [3.05, 3.63) is 52.1 Å². The Bertz CT molecular complexity index is 1310. The number of nitrogens with zero attached hydrogens (tertiary/aromatic N) is 3. The van der Waals surface area contributed by atoms with Gasteiger partial charge in [-0.3, -0.25) is 19.4 Å². The van der Waals surface area contributed by atoms with Crippen molar-refractivity contribution in [2.24, 2.45) is 0 Å². The summed E-state index contributed by atoms with van der Waals surface area (Å²) in [5.74, 6) is -2.45. The molecule has 14 heteroatoms. The van der Waals surface area contributed by atoms with Crippen molar-refractivity contribution in [2.45, 2.75) is 25.4 Å². The highest BCUT2D eigenvalue weighted by atomic mass is 16.4. The molecule has 0 saturated carbocycles. The van der Waals surface area contributed by atoms with Gasteiger partial charge in [-0.2, -0.15) is 4.98 Å². The predicted octanol–water partition coefficient (Wildman–Crippen LogP) is -0.814. The maximum Gasteiger partial charge on any atom is 0.326 e. The molecule has 0 radical (unpaired) electrons. The summed E-state index contributed by atoms with van der Waals surface area (Å²) in [4.78, 5) is 72.2. The van der Waals surface area contributed by atoms with Gasteiger partial charge in [0.15, 0.2) is 11.2 Å². The van der Waals surface area contributed by atoms with Crippen LogP contribution in [0.1, 0.15) is 28.9 Å². The average Bonchev–Trinajstić information content (AvgIpc) is 2.84. The molecule has 182 valence electrons. The summed E-state index contributed by atoms with van der Waals surface area (Å²) >= 11 is 0. The minimum atomic E-state index is -1.28. The molecule has 2 aromatic heterocycles. The summed E-state index contributed by atoms with van der Waals surface area (Å²) in [6.07, 6.45) is 1.66. The maximum absolute atomic E-state index is 12.4. The first kappa shape index (κ1) is 24.8. The van der Waals surface area contributed by atoms with Crippen LogP contribution in [0, 0.1) is 0 Å². The summed E-state index contributed by atoms with van der Waals surface area (Å²) in [7, 11) is 0. The molecule has 0 bridgehead atoms. The molecular formula is C21H22N8O6. The molecule has 14 nitrogen and oxygen atoms in total. The Morgan fingerprint density at radius 2 is 1.91 bits per heavy atom. The molecule has 1 atom stereocenters. The molecule has 0 saturated heterocycles. The molecule has 0 fully saturated rings. The van der Waals surface area contributed by atoms with Gasteiger partial charge in [0.2, 0.25) is 11.9 Å². The van der Waals surface area contributed by atoms with Gasteiger partial charge in [0.25, 0.3) is 11.5 Å². The number of benzene rings is 1. The highest BCUT2D eigenvalue weighted by Crippen LogP contribution is 2.12. The molecule has 2 heterocycles. The normalized spacial score (nSPS) is 11.4. The van der Waals surface area contributed by atoms with Gasteiger partial charge in [-0.05, 0) is 30.7 Å². The van der Waals surface area contributed by atoms with Crippen LogP contribution in [0.5, 0.6) is 0 Å². The second-order valence-electron chi connectivity index (χ2n) is 7.29. The lowest BCUT2D eigenvalue weighted by Crippen LogP contribution is -2.41. The zero-order valence-corrected chi connectivity index (χ0v) is 18.3. The van der Waals surface area contributed by atoms with E-state index in [0.717, 1.165) is 0 Å². The minimum Gasteiger partial charge on any atom is -0.480 e. The molecule has 3 rings (SSSR count). The first-order valence-corrected chi connectivity index (χ1v) is 10.4. The van der Waals surface area contributed by atoms with E-state index in [2.05, 4.69) is 35.9 Å². The van der Waals surface area contributed by atoms with Gasteiger partial charge in [-0.1, -0.05) is 0 Å². The third-order valence-electron chi connectivity index (χ3n) is 4.75. The van der Waals surface area contributed by atoms with E-state index in [1.165, 1.54) is 18.3 Å². The molecule has 0 aliphatic heterocycles. The first-order valence-electron chi connectivity index (χ1n) is 10.4. The van der Waals surface area contributed by atoms with Crippen LogP contribution < -0.4 is 27.2 Å². The largest absolute Gasteiger partial charge is 0.480 e. The quantitative estimate of drug-likeness (QED) is 0.185. The van der Waals surface area contributed by atoms with Crippen molar-refractivity contribution in [2.75, 3.05) is 17.6 Å². The SMILES string of the molecule is Nc1nc2ncc(CNc3ccc(C(=O)NC(CCC(=O)NCC=O)C(=O)O)cc3)nc2c(=O)[nH]1. The molecule has 0 aliphatic carbocycles. The summed E-state index contributed by atoms with van der Waals surface area (Å²) < 4.78 is 0. The van der Waals surface area contributed by atoms with Crippen LogP contribution in [0.3, 0.4) is 0 Å². The molecule has 35 heavy (non-hydrogen) atoms. The maximum atomic E-state index is 12.4. The lowest BCUT2D eigenvalue weighted by Gasteiger charge is -2.14. The second-order valence-corrected chi connectivity index (χ2v) is 7.29. The number of H-pyrrole nitrogens is 1. The number of hydrogen-bond acceptors (Lipinski definition) is 10. The number of aromatic amines is 1. The van der Waals surface area contributed by atoms with Gasteiger partial charge < -0.3 is 31.6 Å². The smallest absolute Gasteiger partial charge is 0.326 e. The lowest BCUT2D eigenvalue weighted by molar-refractivity contribution is -0.139. The van der Waals surface area contributed by atoms with Crippen LogP contribution in [-0.4, -0.2) is 61.7 Å². The zero-order valence-electron chi connectivity index (χ0n) is 18.3. The Hall–Kier alpha value is -4.88. The minimum absolute atomic E-state index is 0.0541. The van der Waals surface area contributed by atoms with Crippen LogP contribution in [-0.2, 0) is 20.9 Å². The summed E-state index contributed by atoms with van der Waals surface area (Å²) in [6, 6.07) is 4.94. The van der Waals surface area contributed by atoms with E-state index in [0.29, 0.717) is 17.7 Å². The number of aromatic nitrogens is 4. The van der Waals surface area contributed by atoms with Crippen molar-refractivity contribution < 1.29 is 24.3 Å². The third kappa shape index (κ3) is 6.80. The Morgan fingerprint density at radius 1 is 1.17 bits per heavy atom. The molecular weight excluding hydrogens is 460 g/mol. The number of carbonyl (C=O) groups excluding carboxylic acids is 3. The number of aliphatic carboxylic acids is 1. The zero-order chi connectivity index (χ0) is 25.4. The van der Waals surface area contributed by atoms with Crippen molar-refractivity contribution >= 4 is 46.9 Å². The fraction of sp³-hybridized carbons (Fsp3) is 0.238. The molecule has 0 spiro atoms. The number of amides is 2. The fourth-order valence-electron chi connectivity index (χ4n) is 3.01. The lowest BCUT2D eigenvalue weighted by atomic mass is 10.1. The van der Waals surface area contributed by atoms with Crippen LogP contribution in [0.15, 0.2) is 35.3 Å². The van der Waals surface area contributed by atoms with E-state index in [4.69, 9.17) is 5.73 Å². The van der Waals surface area contributed by atoms with E-state index < -0.39 is 29.4 Å². The first-order chi connectivity index (χ1) is 16.8. The van der Waals surface area contributed by atoms with Crippen LogP contribution in [0.4, 0.5) is 11.6 Å². The molecule has 1 unspecified atom stereocenters. The number of nitrogens with two attached hydrogens (primary N) is 1. The Kier molecular flexibility index (Phi) is 8.00. The van der Waals surface area contributed by atoms with E-state index in [-0.39, 0.29) is 48.6 Å². The molecule has 1 aromatic carbocycles. The number of hydrogen-bond donors (Lipinski definition) is 6. The summed E-state index contributed by atoms with van der Waals surface area (Å²) in [5.41, 5.74) is 6.49. The number of nitrogens with one attached hydrogen (secondary N) is 4. The van der Waals surface area contributed by atoms with Gasteiger partial charge in [0.05, 0.1) is 25.0 Å². The van der Waals surface area contributed by atoms with Crippen molar-refractivity contribution in [1.29, 1.82) is 0 Å². The Labute approximate surface area is 197 Å². The number of aldehydes is 1. The molecule has 0 aliphatic rings. The monoisotopic (exact) mass is 482 g/mol. The van der Waals surface area contributed by atoms with E-state index in [9.17, 15) is 29.1 Å². The van der Waals surface area contributed by atoms with E-state index in [1.807, 2.05) is 0 Å². The van der Waals surface area contributed by atoms with Gasteiger partial charge in [-0.25, -0.2) is 14.8 Å². The number of carboxylic acid groups (broad SMARTS) is 1. The summed E-state index contributed by atoms with van der Waals surface area (Å²) in [5, 5.41) is 17.1. The van der Waals surface area contributed by atoms with E-state index >= 15 is 0 Å². The number of rotatable bonds is 11. The van der Waals surface area contributed by atoms with Crippen molar-refractivity contribution in [3.8, 4) is 0 Å². The van der Waals surface area contributed by atoms with Gasteiger partial charge in [-0.15, -0.1) is 0 Å². The molecule has 3 aromatic rings. The van der Waals surface area contributed by atoms with Gasteiger partial charge >= 0.3 is 5.97 Å². The highest BCUT2D eigenvalue weighted by Gasteiger charge is 2.21. The van der Waals surface area contributed by atoms with E-state index in [1.54, 1.807) is 12.1 Å². The van der Waals surface area contributed by atoms with Gasteiger partial charge in [0.1, 0.15) is 12.3 Å². The van der Waals surface area contributed by atoms with Crippen LogP contribution in [0.2, 0.25) is 0 Å². The third-order valence-corrected chi connectivity index (χ3v) is 4.75. The second kappa shape index (κ2) is 11.3. The number of fused-ring (bicyclic) bond motifs is 1. The Morgan fingerprint density at radius 3 is 2.60 bits per heavy atom. The van der Waals surface area contributed by atoms with Crippen LogP contribution in [0.25, 0.3) is 11.2 Å². The van der Waals surface area contributed by atoms with Crippen molar-refractivity contribution in [1.82, 2.24) is 30.6 Å². The van der Waals surface area contributed by atoms with Gasteiger partial charge in [0, 0.05) is 17.7 Å². The van der Waals surface area contributed by atoms with Crippen LogP contribution >= 0.6 is 0 Å². The number of carboxylic acids is 1. The summed E-state index contributed by atoms with van der Waals surface area (Å²) in [6.45, 7) is 0.0624. The standard InChI is InChI=1S/C21H22N8O6/c22-21-28-17-16(19(33)29-21)26-13(10-25-17)9-24-12-3-1-11(2-4-12)18(32)27-14(20(34)35)5-6-15(31)23-7-8-30/h1-4,8,10,14,24H,5-7,9H2,(H,23,31)(H,27,32)(H,34,35)(H3,22,25,28,29,33). The number of nitrogen functional groups attached to an aromatic ring is 1.